The molecule has 0 saturated carbocycles. The van der Waals surface area contributed by atoms with Crippen molar-refractivity contribution >= 4 is 39.5 Å². The van der Waals surface area contributed by atoms with Crippen molar-refractivity contribution in [1.82, 2.24) is 0 Å². The topological polar surface area (TPSA) is 87.7 Å². The van der Waals surface area contributed by atoms with Gasteiger partial charge in [0, 0.05) is 11.5 Å². The lowest BCUT2D eigenvalue weighted by Gasteiger charge is -2.05. The maximum atomic E-state index is 11.3. The van der Waals surface area contributed by atoms with Crippen molar-refractivity contribution in [2.75, 3.05) is 0 Å². The van der Waals surface area contributed by atoms with Crippen LogP contribution in [0.4, 0.5) is 0 Å². The molecule has 0 aliphatic carbocycles. The molecule has 0 atom stereocenters. The number of aliphatic carboxylic acids is 1. The highest BCUT2D eigenvalue weighted by Gasteiger charge is 2.13. The predicted octanol–water partition coefficient (Wildman–Crippen LogP) is 1.73. The van der Waals surface area contributed by atoms with E-state index >= 15 is 0 Å². The van der Waals surface area contributed by atoms with Crippen LogP contribution in [0.1, 0.15) is 5.56 Å². The third-order valence-corrected chi connectivity index (χ3v) is 3.30. The molecule has 0 bridgehead atoms. The minimum atomic E-state index is -1.03. The molecule has 0 unspecified atom stereocenters. The Morgan fingerprint density at radius 1 is 1.41 bits per heavy atom. The SMILES string of the molecule is O=C(O)Cc1cc(=O)oc2c(I)c(O)ccc12. The molecular formula is C11H7IO5. The van der Waals surface area contributed by atoms with E-state index in [9.17, 15) is 14.7 Å². The van der Waals surface area contributed by atoms with E-state index in [2.05, 4.69) is 0 Å². The molecule has 6 heteroatoms. The standard InChI is InChI=1S/C11H7IO5/c12-10-7(13)2-1-6-5(3-8(14)15)4-9(16)17-11(6)10/h1-2,4,13H,3H2,(H,14,15). The van der Waals surface area contributed by atoms with Crippen molar-refractivity contribution in [3.8, 4) is 5.75 Å². The number of benzene rings is 1. The first-order valence-electron chi connectivity index (χ1n) is 4.65. The number of fused-ring (bicyclic) bond motifs is 1. The maximum absolute atomic E-state index is 11.3. The molecule has 0 fully saturated rings. The molecule has 5 nitrogen and oxygen atoms in total. The van der Waals surface area contributed by atoms with Crippen molar-refractivity contribution in [3.63, 3.8) is 0 Å². The van der Waals surface area contributed by atoms with Crippen molar-refractivity contribution < 1.29 is 19.4 Å². The number of phenolic OH excluding ortho intramolecular Hbond substituents is 1. The Bertz CT molecular complexity index is 659. The summed E-state index contributed by atoms with van der Waals surface area (Å²) in [6.07, 6.45) is -0.261. The third-order valence-electron chi connectivity index (χ3n) is 2.26. The van der Waals surface area contributed by atoms with Gasteiger partial charge < -0.3 is 14.6 Å². The first-order chi connectivity index (χ1) is 7.99. The molecule has 0 saturated heterocycles. The van der Waals surface area contributed by atoms with Crippen LogP contribution in [0.5, 0.6) is 5.75 Å². The van der Waals surface area contributed by atoms with Crippen LogP contribution < -0.4 is 5.63 Å². The number of phenols is 1. The molecule has 0 amide bonds. The highest BCUT2D eigenvalue weighted by molar-refractivity contribution is 14.1. The van der Waals surface area contributed by atoms with Crippen LogP contribution in [-0.4, -0.2) is 16.2 Å². The molecule has 2 N–H and O–H groups in total. The van der Waals surface area contributed by atoms with E-state index in [1.165, 1.54) is 12.1 Å². The van der Waals surface area contributed by atoms with Crippen molar-refractivity contribution in [1.29, 1.82) is 0 Å². The molecule has 88 valence electrons. The van der Waals surface area contributed by atoms with Crippen LogP contribution in [0.3, 0.4) is 0 Å². The van der Waals surface area contributed by atoms with Crippen LogP contribution in [-0.2, 0) is 11.2 Å². The number of hydrogen-bond donors (Lipinski definition) is 2. The molecule has 0 aliphatic heterocycles. The number of hydrogen-bond acceptors (Lipinski definition) is 4. The van der Waals surface area contributed by atoms with Crippen LogP contribution in [0, 0.1) is 3.57 Å². The number of aromatic hydroxyl groups is 1. The first-order valence-corrected chi connectivity index (χ1v) is 5.73. The summed E-state index contributed by atoms with van der Waals surface area (Å²) >= 11 is 1.84. The molecule has 1 heterocycles. The van der Waals surface area contributed by atoms with Gasteiger partial charge in [0.05, 0.1) is 9.99 Å². The highest BCUT2D eigenvalue weighted by Crippen LogP contribution is 2.29. The number of rotatable bonds is 2. The molecule has 2 aromatic rings. The van der Waals surface area contributed by atoms with Gasteiger partial charge in [-0.3, -0.25) is 4.79 Å². The summed E-state index contributed by atoms with van der Waals surface area (Å²) in [5.74, 6) is -1.03. The number of halogens is 1. The van der Waals surface area contributed by atoms with Gasteiger partial charge in [-0.05, 0) is 40.3 Å². The van der Waals surface area contributed by atoms with Gasteiger partial charge in [-0.2, -0.15) is 0 Å². The van der Waals surface area contributed by atoms with Gasteiger partial charge in [0.1, 0.15) is 5.75 Å². The van der Waals surface area contributed by atoms with E-state index < -0.39 is 11.6 Å². The Kier molecular flexibility index (Phi) is 3.05. The Morgan fingerprint density at radius 2 is 2.12 bits per heavy atom. The molecule has 17 heavy (non-hydrogen) atoms. The number of carboxylic acids is 1. The number of carbonyl (C=O) groups is 1. The van der Waals surface area contributed by atoms with Gasteiger partial charge in [0.2, 0.25) is 0 Å². The van der Waals surface area contributed by atoms with Crippen LogP contribution >= 0.6 is 22.6 Å². The Morgan fingerprint density at radius 3 is 2.76 bits per heavy atom. The van der Waals surface area contributed by atoms with Gasteiger partial charge in [-0.1, -0.05) is 0 Å². The van der Waals surface area contributed by atoms with Crippen LogP contribution in [0.15, 0.2) is 27.4 Å². The molecule has 0 radical (unpaired) electrons. The largest absolute Gasteiger partial charge is 0.507 e. The predicted molar refractivity (Wildman–Crippen MR) is 68.2 cm³/mol. The summed E-state index contributed by atoms with van der Waals surface area (Å²) in [5, 5.41) is 18.8. The zero-order chi connectivity index (χ0) is 12.6. The average molecular weight is 346 g/mol. The molecule has 0 aliphatic rings. The van der Waals surface area contributed by atoms with E-state index in [1.807, 2.05) is 22.6 Å². The fraction of sp³-hybridized carbons (Fsp3) is 0.0909. The molecular weight excluding hydrogens is 339 g/mol. The zero-order valence-corrected chi connectivity index (χ0v) is 10.6. The maximum Gasteiger partial charge on any atom is 0.336 e. The van der Waals surface area contributed by atoms with E-state index in [-0.39, 0.29) is 17.8 Å². The lowest BCUT2D eigenvalue weighted by Crippen LogP contribution is -2.06. The summed E-state index contributed by atoms with van der Waals surface area (Å²) < 4.78 is 5.37. The van der Waals surface area contributed by atoms with Gasteiger partial charge in [0.25, 0.3) is 0 Å². The fourth-order valence-corrected chi connectivity index (χ4v) is 2.14. The molecule has 1 aromatic heterocycles. The summed E-state index contributed by atoms with van der Waals surface area (Å²) in [5.41, 5.74) is -0.0340. The normalized spacial score (nSPS) is 10.6. The fourth-order valence-electron chi connectivity index (χ4n) is 1.56. The molecule has 2 rings (SSSR count). The van der Waals surface area contributed by atoms with Gasteiger partial charge in [0.15, 0.2) is 5.58 Å². The molecule has 0 spiro atoms. The van der Waals surface area contributed by atoms with Gasteiger partial charge in [-0.25, -0.2) is 4.79 Å². The van der Waals surface area contributed by atoms with E-state index in [0.29, 0.717) is 14.5 Å². The number of carboxylic acid groups (broad SMARTS) is 1. The summed E-state index contributed by atoms with van der Waals surface area (Å²) in [4.78, 5) is 22.0. The van der Waals surface area contributed by atoms with Crippen molar-refractivity contribution in [2.45, 2.75) is 6.42 Å². The third kappa shape index (κ3) is 2.26. The van der Waals surface area contributed by atoms with Crippen LogP contribution in [0.2, 0.25) is 0 Å². The monoisotopic (exact) mass is 346 g/mol. The summed E-state index contributed by atoms with van der Waals surface area (Å²) in [6, 6.07) is 4.13. The summed E-state index contributed by atoms with van der Waals surface area (Å²) in [7, 11) is 0. The second kappa shape index (κ2) is 4.36. The minimum absolute atomic E-state index is 0.00581. The van der Waals surface area contributed by atoms with Gasteiger partial charge >= 0.3 is 11.6 Å². The highest BCUT2D eigenvalue weighted by atomic mass is 127. The smallest absolute Gasteiger partial charge is 0.336 e. The Balaban J connectivity index is 2.81. The molecule has 1 aromatic carbocycles. The second-order valence-electron chi connectivity index (χ2n) is 3.44. The lowest BCUT2D eigenvalue weighted by molar-refractivity contribution is -0.136. The Labute approximate surface area is 109 Å². The lowest BCUT2D eigenvalue weighted by atomic mass is 10.1. The second-order valence-corrected chi connectivity index (χ2v) is 4.52. The first kappa shape index (κ1) is 11.9. The summed E-state index contributed by atoms with van der Waals surface area (Å²) in [6.45, 7) is 0. The van der Waals surface area contributed by atoms with E-state index in [0.717, 1.165) is 6.07 Å². The van der Waals surface area contributed by atoms with E-state index in [1.54, 1.807) is 0 Å². The minimum Gasteiger partial charge on any atom is -0.507 e. The van der Waals surface area contributed by atoms with Gasteiger partial charge in [-0.15, -0.1) is 0 Å². The van der Waals surface area contributed by atoms with E-state index in [4.69, 9.17) is 9.52 Å². The van der Waals surface area contributed by atoms with Crippen molar-refractivity contribution in [2.24, 2.45) is 0 Å². The Hall–Kier alpha value is -1.57. The zero-order valence-electron chi connectivity index (χ0n) is 8.44. The van der Waals surface area contributed by atoms with Crippen molar-refractivity contribution in [3.05, 3.63) is 37.8 Å². The quantitative estimate of drug-likeness (QED) is 0.639. The average Bonchev–Trinajstić information content (AvgIpc) is 2.23. The van der Waals surface area contributed by atoms with Crippen LogP contribution in [0.25, 0.3) is 11.0 Å².